The van der Waals surface area contributed by atoms with Crippen LogP contribution in [0.15, 0.2) is 29.3 Å². The molecule has 3 heterocycles. The molecule has 0 saturated carbocycles. The zero-order valence-corrected chi connectivity index (χ0v) is 18.5. The van der Waals surface area contributed by atoms with Gasteiger partial charge in [-0.05, 0) is 74.4 Å². The lowest BCUT2D eigenvalue weighted by Crippen LogP contribution is -2.27. The molecule has 0 amide bonds. The van der Waals surface area contributed by atoms with E-state index in [9.17, 15) is 9.59 Å². The number of fused-ring (bicyclic) bond motifs is 1. The Morgan fingerprint density at radius 1 is 1.10 bits per heavy atom. The normalized spacial score (nSPS) is 13.2. The summed E-state index contributed by atoms with van der Waals surface area (Å²) in [5.74, 6) is 0.267. The van der Waals surface area contributed by atoms with Gasteiger partial charge < -0.3 is 9.47 Å². The molecule has 1 aliphatic heterocycles. The Morgan fingerprint density at radius 3 is 2.48 bits per heavy atom. The van der Waals surface area contributed by atoms with Gasteiger partial charge in [-0.3, -0.25) is 9.48 Å². The Balaban J connectivity index is 1.92. The van der Waals surface area contributed by atoms with Gasteiger partial charge in [0.05, 0.1) is 18.5 Å². The topological polar surface area (TPSA) is 80.3 Å². The summed E-state index contributed by atoms with van der Waals surface area (Å²) in [5, 5.41) is 4.41. The molecule has 3 aromatic rings. The summed E-state index contributed by atoms with van der Waals surface area (Å²) in [6.45, 7) is 9.17. The number of carbonyl (C=O) groups excluding carboxylic acids is 1. The van der Waals surface area contributed by atoms with Crippen LogP contribution in [-0.2, 0) is 24.2 Å². The summed E-state index contributed by atoms with van der Waals surface area (Å²) in [5.41, 5.74) is 5.03. The standard InChI is InChI=1S/C23H28N4O4/c1-5-17-12-18(25-14-15(3)13-24-25)11-16(4)19(17)20-21(28)26-9-7-8-10-27(26)22(20)31-23(29)30-6-2/h11-14H,5-10H2,1-4H3. The van der Waals surface area contributed by atoms with Crippen molar-refractivity contribution in [3.8, 4) is 22.7 Å². The molecular weight excluding hydrogens is 396 g/mol. The Morgan fingerprint density at radius 2 is 1.84 bits per heavy atom. The molecule has 2 aromatic heterocycles. The molecule has 164 valence electrons. The molecule has 0 atom stereocenters. The maximum atomic E-state index is 13.4. The first-order valence-corrected chi connectivity index (χ1v) is 10.8. The van der Waals surface area contributed by atoms with Gasteiger partial charge in [0, 0.05) is 19.3 Å². The van der Waals surface area contributed by atoms with Crippen molar-refractivity contribution >= 4 is 6.16 Å². The number of hydrogen-bond acceptors (Lipinski definition) is 5. The van der Waals surface area contributed by atoms with E-state index in [2.05, 4.69) is 12.0 Å². The number of nitrogens with zero attached hydrogens (tertiary/aromatic N) is 4. The van der Waals surface area contributed by atoms with Crippen molar-refractivity contribution in [2.45, 2.75) is 60.0 Å². The number of aromatic nitrogens is 4. The number of carbonyl (C=O) groups is 1. The minimum absolute atomic E-state index is 0.139. The largest absolute Gasteiger partial charge is 0.515 e. The molecule has 4 rings (SSSR count). The lowest BCUT2D eigenvalue weighted by atomic mass is 9.94. The molecule has 31 heavy (non-hydrogen) atoms. The Bertz CT molecular complexity index is 1190. The maximum Gasteiger partial charge on any atom is 0.515 e. The van der Waals surface area contributed by atoms with Crippen LogP contribution in [0.4, 0.5) is 4.79 Å². The zero-order valence-electron chi connectivity index (χ0n) is 18.5. The summed E-state index contributed by atoms with van der Waals surface area (Å²) in [6, 6.07) is 4.06. The highest BCUT2D eigenvalue weighted by Crippen LogP contribution is 2.36. The van der Waals surface area contributed by atoms with Crippen molar-refractivity contribution in [2.75, 3.05) is 6.61 Å². The molecule has 0 N–H and O–H groups in total. The maximum absolute atomic E-state index is 13.4. The highest BCUT2D eigenvalue weighted by Gasteiger charge is 2.29. The van der Waals surface area contributed by atoms with Crippen molar-refractivity contribution in [1.29, 1.82) is 0 Å². The first-order chi connectivity index (χ1) is 14.9. The molecule has 0 bridgehead atoms. The van der Waals surface area contributed by atoms with Crippen LogP contribution in [0.1, 0.15) is 43.4 Å². The second-order valence-electron chi connectivity index (χ2n) is 7.84. The predicted octanol–water partition coefficient (Wildman–Crippen LogP) is 4.01. The molecule has 8 heteroatoms. The second kappa shape index (κ2) is 8.45. The van der Waals surface area contributed by atoms with E-state index in [0.29, 0.717) is 25.1 Å². The van der Waals surface area contributed by atoms with Crippen LogP contribution in [0, 0.1) is 13.8 Å². The van der Waals surface area contributed by atoms with Crippen LogP contribution < -0.4 is 10.3 Å². The van der Waals surface area contributed by atoms with Crippen LogP contribution in [0.3, 0.4) is 0 Å². The van der Waals surface area contributed by atoms with E-state index in [-0.39, 0.29) is 18.0 Å². The molecule has 0 spiro atoms. The summed E-state index contributed by atoms with van der Waals surface area (Å²) < 4.78 is 15.9. The smallest absolute Gasteiger partial charge is 0.434 e. The fourth-order valence-electron chi connectivity index (χ4n) is 4.24. The molecular formula is C23H28N4O4. The van der Waals surface area contributed by atoms with Gasteiger partial charge in [-0.25, -0.2) is 14.2 Å². The van der Waals surface area contributed by atoms with E-state index in [1.807, 2.05) is 43.1 Å². The predicted molar refractivity (Wildman–Crippen MR) is 117 cm³/mol. The minimum Gasteiger partial charge on any atom is -0.434 e. The zero-order chi connectivity index (χ0) is 22.1. The van der Waals surface area contributed by atoms with Crippen LogP contribution >= 0.6 is 0 Å². The number of hydrogen-bond donors (Lipinski definition) is 0. The quantitative estimate of drug-likeness (QED) is 0.578. The van der Waals surface area contributed by atoms with Crippen LogP contribution in [-0.4, -0.2) is 31.9 Å². The third kappa shape index (κ3) is 3.78. The van der Waals surface area contributed by atoms with E-state index in [4.69, 9.17) is 9.47 Å². The monoisotopic (exact) mass is 424 g/mol. The Hall–Kier alpha value is -3.29. The SMILES string of the molecule is CCOC(=O)Oc1c(-c2c(C)cc(-n3cc(C)cn3)cc2CC)c(=O)n2n1CCCC2. The van der Waals surface area contributed by atoms with E-state index in [1.54, 1.807) is 16.3 Å². The van der Waals surface area contributed by atoms with Crippen LogP contribution in [0.2, 0.25) is 0 Å². The minimum atomic E-state index is -0.797. The second-order valence-corrected chi connectivity index (χ2v) is 7.84. The number of rotatable bonds is 5. The van der Waals surface area contributed by atoms with Crippen LogP contribution in [0.25, 0.3) is 16.8 Å². The first kappa shape index (κ1) is 21.0. The van der Waals surface area contributed by atoms with Gasteiger partial charge in [0.2, 0.25) is 5.88 Å². The first-order valence-electron chi connectivity index (χ1n) is 10.8. The molecule has 0 radical (unpaired) electrons. The van der Waals surface area contributed by atoms with Gasteiger partial charge in [0.25, 0.3) is 5.56 Å². The number of aryl methyl sites for hydroxylation is 3. The lowest BCUT2D eigenvalue weighted by Gasteiger charge is -2.19. The molecule has 0 aliphatic carbocycles. The summed E-state index contributed by atoms with van der Waals surface area (Å²) in [6.07, 6.45) is 5.54. The number of benzene rings is 1. The van der Waals surface area contributed by atoms with Gasteiger partial charge in [0.1, 0.15) is 5.56 Å². The van der Waals surface area contributed by atoms with Crippen molar-refractivity contribution in [1.82, 2.24) is 19.1 Å². The summed E-state index contributed by atoms with van der Waals surface area (Å²) in [4.78, 5) is 25.6. The van der Waals surface area contributed by atoms with Gasteiger partial charge in [-0.15, -0.1) is 0 Å². The van der Waals surface area contributed by atoms with Crippen LogP contribution in [0.5, 0.6) is 5.88 Å². The molecule has 8 nitrogen and oxygen atoms in total. The van der Waals surface area contributed by atoms with Crippen molar-refractivity contribution in [3.05, 3.63) is 51.6 Å². The lowest BCUT2D eigenvalue weighted by molar-refractivity contribution is 0.0990. The molecule has 0 fully saturated rings. The van der Waals surface area contributed by atoms with Crippen molar-refractivity contribution < 1.29 is 14.3 Å². The Labute approximate surface area is 181 Å². The third-order valence-corrected chi connectivity index (χ3v) is 5.63. The Kier molecular flexibility index (Phi) is 5.71. The highest BCUT2D eigenvalue weighted by atomic mass is 16.7. The van der Waals surface area contributed by atoms with Gasteiger partial charge in [-0.1, -0.05) is 6.92 Å². The van der Waals surface area contributed by atoms with Crippen molar-refractivity contribution in [2.24, 2.45) is 0 Å². The third-order valence-electron chi connectivity index (χ3n) is 5.63. The van der Waals surface area contributed by atoms with Gasteiger partial charge >= 0.3 is 6.16 Å². The molecule has 1 aromatic carbocycles. The van der Waals surface area contributed by atoms with Gasteiger partial charge in [0.15, 0.2) is 0 Å². The highest BCUT2D eigenvalue weighted by molar-refractivity contribution is 5.78. The van der Waals surface area contributed by atoms with Crippen molar-refractivity contribution in [3.63, 3.8) is 0 Å². The van der Waals surface area contributed by atoms with Gasteiger partial charge in [-0.2, -0.15) is 5.10 Å². The molecule has 0 unspecified atom stereocenters. The number of ether oxygens (including phenoxy) is 2. The fraction of sp³-hybridized carbons (Fsp3) is 0.435. The van der Waals surface area contributed by atoms with E-state index < -0.39 is 6.16 Å². The fourth-order valence-corrected chi connectivity index (χ4v) is 4.24. The summed E-state index contributed by atoms with van der Waals surface area (Å²) in [7, 11) is 0. The average molecular weight is 425 g/mol. The molecule has 0 saturated heterocycles. The van der Waals surface area contributed by atoms with E-state index in [1.165, 1.54) is 0 Å². The molecule has 1 aliphatic rings. The summed E-state index contributed by atoms with van der Waals surface area (Å²) >= 11 is 0. The average Bonchev–Trinajstić information content (AvgIpc) is 3.30. The van der Waals surface area contributed by atoms with E-state index >= 15 is 0 Å². The van der Waals surface area contributed by atoms with E-state index in [0.717, 1.165) is 40.8 Å².